The van der Waals surface area contributed by atoms with Gasteiger partial charge in [-0.1, -0.05) is 30.3 Å². The number of likely N-dealkylation sites (tertiary alicyclic amines) is 1. The number of carboxylic acid groups (broad SMARTS) is 1. The van der Waals surface area contributed by atoms with Crippen LogP contribution >= 0.6 is 0 Å². The highest BCUT2D eigenvalue weighted by Crippen LogP contribution is 2.33. The van der Waals surface area contributed by atoms with Crippen molar-refractivity contribution in [2.45, 2.75) is 25.0 Å². The third-order valence-corrected chi connectivity index (χ3v) is 4.51. The predicted octanol–water partition coefficient (Wildman–Crippen LogP) is 1.69. The van der Waals surface area contributed by atoms with E-state index in [9.17, 15) is 14.4 Å². The van der Waals surface area contributed by atoms with E-state index in [0.29, 0.717) is 25.9 Å². The first-order valence-corrected chi connectivity index (χ1v) is 8.13. The normalized spacial score (nSPS) is 19.0. The zero-order valence-corrected chi connectivity index (χ0v) is 13.7. The molecule has 1 N–H and O–H groups in total. The van der Waals surface area contributed by atoms with E-state index in [2.05, 4.69) is 0 Å². The lowest BCUT2D eigenvalue weighted by molar-refractivity contribution is -0.137. The van der Waals surface area contributed by atoms with Crippen LogP contribution in [0.15, 0.2) is 30.3 Å². The fourth-order valence-corrected chi connectivity index (χ4v) is 3.15. The zero-order chi connectivity index (χ0) is 17.9. The number of carbonyl (C=O) groups is 3. The second-order valence-electron chi connectivity index (χ2n) is 6.33. The van der Waals surface area contributed by atoms with Crippen LogP contribution in [0.1, 0.15) is 18.4 Å². The van der Waals surface area contributed by atoms with Gasteiger partial charge in [0.05, 0.1) is 6.54 Å². The minimum absolute atomic E-state index is 0.211. The number of rotatable bonds is 4. The van der Waals surface area contributed by atoms with Crippen LogP contribution in [0.2, 0.25) is 0 Å². The number of hydrogen-bond acceptors (Lipinski definition) is 5. The number of ether oxygens (including phenoxy) is 2. The Hall–Kier alpha value is -2.77. The van der Waals surface area contributed by atoms with Crippen molar-refractivity contribution in [3.05, 3.63) is 35.9 Å². The smallest absolute Gasteiger partial charge is 0.411 e. The Balaban J connectivity index is 1.49. The zero-order valence-electron chi connectivity index (χ0n) is 13.7. The molecule has 8 nitrogen and oxygen atoms in total. The number of nitrogens with zero attached hydrogens (tertiary/aromatic N) is 2. The lowest BCUT2D eigenvalue weighted by atomic mass is 9.91. The van der Waals surface area contributed by atoms with Crippen molar-refractivity contribution < 1.29 is 29.0 Å². The summed E-state index contributed by atoms with van der Waals surface area (Å²) in [4.78, 5) is 37.5. The topological polar surface area (TPSA) is 96.4 Å². The molecule has 3 rings (SSSR count). The van der Waals surface area contributed by atoms with Crippen LogP contribution in [0.3, 0.4) is 0 Å². The van der Waals surface area contributed by atoms with Gasteiger partial charge < -0.3 is 19.5 Å². The Morgan fingerprint density at radius 1 is 1.20 bits per heavy atom. The Labute approximate surface area is 144 Å². The van der Waals surface area contributed by atoms with Gasteiger partial charge in [-0.15, -0.1) is 0 Å². The highest BCUT2D eigenvalue weighted by atomic mass is 16.6. The molecule has 0 saturated carbocycles. The van der Waals surface area contributed by atoms with Crippen molar-refractivity contribution in [2.24, 2.45) is 0 Å². The molecule has 0 aromatic heterocycles. The number of amides is 2. The maximum atomic E-state index is 12.2. The van der Waals surface area contributed by atoms with E-state index >= 15 is 0 Å². The first-order valence-electron chi connectivity index (χ1n) is 8.13. The molecule has 0 unspecified atom stereocenters. The summed E-state index contributed by atoms with van der Waals surface area (Å²) in [6.07, 6.45) is -0.0714. The van der Waals surface area contributed by atoms with Gasteiger partial charge >= 0.3 is 18.2 Å². The fourth-order valence-electron chi connectivity index (χ4n) is 3.15. The first kappa shape index (κ1) is 17.1. The van der Waals surface area contributed by atoms with Crippen LogP contribution in [-0.2, 0) is 20.9 Å². The van der Waals surface area contributed by atoms with Crippen molar-refractivity contribution >= 4 is 18.2 Å². The summed E-state index contributed by atoms with van der Waals surface area (Å²) in [5.74, 6) is -1.07. The Morgan fingerprint density at radius 3 is 2.52 bits per heavy atom. The molecule has 1 aromatic carbocycles. The average molecular weight is 348 g/mol. The summed E-state index contributed by atoms with van der Waals surface area (Å²) in [7, 11) is 0. The first-order chi connectivity index (χ1) is 12.0. The Bertz CT molecular complexity index is 654. The monoisotopic (exact) mass is 348 g/mol. The SMILES string of the molecule is O=C(O)CN1CC2(CCN(C(=O)OCc3ccccc3)CC2)OC1=O. The molecule has 25 heavy (non-hydrogen) atoms. The summed E-state index contributed by atoms with van der Waals surface area (Å²) in [6.45, 7) is 0.890. The maximum Gasteiger partial charge on any atom is 0.411 e. The van der Waals surface area contributed by atoms with Crippen molar-refractivity contribution in [1.29, 1.82) is 0 Å². The van der Waals surface area contributed by atoms with Crippen LogP contribution in [0.25, 0.3) is 0 Å². The molecule has 2 amide bonds. The van der Waals surface area contributed by atoms with Gasteiger partial charge in [0, 0.05) is 25.9 Å². The molecule has 0 atom stereocenters. The van der Waals surface area contributed by atoms with E-state index < -0.39 is 23.8 Å². The molecule has 0 radical (unpaired) electrons. The molecule has 2 fully saturated rings. The van der Waals surface area contributed by atoms with Gasteiger partial charge in [0.1, 0.15) is 18.8 Å². The van der Waals surface area contributed by atoms with E-state index in [1.54, 1.807) is 4.90 Å². The largest absolute Gasteiger partial charge is 0.480 e. The summed E-state index contributed by atoms with van der Waals surface area (Å²) >= 11 is 0. The summed E-state index contributed by atoms with van der Waals surface area (Å²) in [6, 6.07) is 9.42. The maximum absolute atomic E-state index is 12.2. The number of benzene rings is 1. The second kappa shape index (κ2) is 7.00. The lowest BCUT2D eigenvalue weighted by Gasteiger charge is -2.36. The average Bonchev–Trinajstić information content (AvgIpc) is 2.88. The minimum Gasteiger partial charge on any atom is -0.480 e. The van der Waals surface area contributed by atoms with Gasteiger partial charge in [-0.05, 0) is 5.56 Å². The molecule has 1 spiro atoms. The summed E-state index contributed by atoms with van der Waals surface area (Å²) in [5.41, 5.74) is 0.210. The van der Waals surface area contributed by atoms with Gasteiger partial charge in [0.25, 0.3) is 0 Å². The van der Waals surface area contributed by atoms with Gasteiger partial charge in [0.15, 0.2) is 0 Å². The molecule has 1 aromatic rings. The Kier molecular flexibility index (Phi) is 4.78. The van der Waals surface area contributed by atoms with Crippen LogP contribution in [-0.4, -0.2) is 64.8 Å². The quantitative estimate of drug-likeness (QED) is 0.889. The predicted molar refractivity (Wildman–Crippen MR) is 85.9 cm³/mol. The van der Waals surface area contributed by atoms with E-state index in [-0.39, 0.29) is 19.7 Å². The molecular weight excluding hydrogens is 328 g/mol. The van der Waals surface area contributed by atoms with Crippen LogP contribution in [0.4, 0.5) is 9.59 Å². The molecule has 134 valence electrons. The second-order valence-corrected chi connectivity index (χ2v) is 6.33. The molecule has 2 heterocycles. The molecule has 2 aliphatic rings. The molecular formula is C17H20N2O6. The van der Waals surface area contributed by atoms with Gasteiger partial charge in [-0.2, -0.15) is 0 Å². The Morgan fingerprint density at radius 2 is 1.88 bits per heavy atom. The third-order valence-electron chi connectivity index (χ3n) is 4.51. The van der Waals surface area contributed by atoms with Gasteiger partial charge in [-0.25, -0.2) is 9.59 Å². The highest BCUT2D eigenvalue weighted by Gasteiger charge is 2.48. The lowest BCUT2D eigenvalue weighted by Crippen LogP contribution is -2.49. The van der Waals surface area contributed by atoms with E-state index in [1.165, 1.54) is 4.90 Å². The number of aliphatic carboxylic acids is 1. The summed E-state index contributed by atoms with van der Waals surface area (Å²) < 4.78 is 10.7. The number of carboxylic acids is 1. The van der Waals surface area contributed by atoms with E-state index in [4.69, 9.17) is 14.6 Å². The van der Waals surface area contributed by atoms with Gasteiger partial charge in [-0.3, -0.25) is 9.69 Å². The van der Waals surface area contributed by atoms with Crippen LogP contribution < -0.4 is 0 Å². The van der Waals surface area contributed by atoms with Crippen molar-refractivity contribution in [3.63, 3.8) is 0 Å². The van der Waals surface area contributed by atoms with Crippen molar-refractivity contribution in [2.75, 3.05) is 26.2 Å². The van der Waals surface area contributed by atoms with E-state index in [0.717, 1.165) is 5.56 Å². The minimum atomic E-state index is -1.07. The molecule has 0 aliphatic carbocycles. The molecule has 2 aliphatic heterocycles. The van der Waals surface area contributed by atoms with E-state index in [1.807, 2.05) is 30.3 Å². The van der Waals surface area contributed by atoms with Crippen molar-refractivity contribution in [3.8, 4) is 0 Å². The van der Waals surface area contributed by atoms with Crippen LogP contribution in [0, 0.1) is 0 Å². The van der Waals surface area contributed by atoms with Gasteiger partial charge in [0.2, 0.25) is 0 Å². The highest BCUT2D eigenvalue weighted by molar-refractivity contribution is 5.78. The third kappa shape index (κ3) is 4.01. The number of hydrogen-bond donors (Lipinski definition) is 1. The van der Waals surface area contributed by atoms with Crippen molar-refractivity contribution in [1.82, 2.24) is 9.80 Å². The molecule has 8 heteroatoms. The molecule has 0 bridgehead atoms. The summed E-state index contributed by atoms with van der Waals surface area (Å²) in [5, 5.41) is 8.83. The molecule has 2 saturated heterocycles. The number of piperidine rings is 1. The fraction of sp³-hybridized carbons (Fsp3) is 0.471. The standard InChI is InChI=1S/C17H20N2O6/c20-14(21)10-19-12-17(25-16(19)23)6-8-18(9-7-17)15(22)24-11-13-4-2-1-3-5-13/h1-5H,6-12H2,(H,20,21). The number of carbonyl (C=O) groups excluding carboxylic acids is 2. The van der Waals surface area contributed by atoms with Crippen LogP contribution in [0.5, 0.6) is 0 Å².